The minimum atomic E-state index is -4.45. The van der Waals surface area contributed by atoms with Crippen LogP contribution in [0.3, 0.4) is 0 Å². The van der Waals surface area contributed by atoms with Gasteiger partial charge in [0.1, 0.15) is 0 Å². The summed E-state index contributed by atoms with van der Waals surface area (Å²) in [5.74, 6) is -0.779. The van der Waals surface area contributed by atoms with Gasteiger partial charge in [0.15, 0.2) is 0 Å². The van der Waals surface area contributed by atoms with Gasteiger partial charge in [-0.15, -0.1) is 0 Å². The van der Waals surface area contributed by atoms with Gasteiger partial charge in [0.2, 0.25) is 0 Å². The molecule has 0 aromatic heterocycles. The molecule has 0 bridgehead atoms. The summed E-state index contributed by atoms with van der Waals surface area (Å²) in [5.41, 5.74) is -0.952. The number of methoxy groups -OCH3 is 1. The second-order valence-electron chi connectivity index (χ2n) is 2.72. The molecule has 2 nitrogen and oxygen atoms in total. The lowest BCUT2D eigenvalue weighted by atomic mass is 10.1. The Labute approximate surface area is 97.6 Å². The molecule has 0 radical (unpaired) electrons. The zero-order chi connectivity index (χ0) is 11.6. The van der Waals surface area contributed by atoms with Crippen LogP contribution in [0.4, 0.5) is 13.2 Å². The highest BCUT2D eigenvalue weighted by Gasteiger charge is 2.31. The summed E-state index contributed by atoms with van der Waals surface area (Å²) in [7, 11) is 1.12. The van der Waals surface area contributed by atoms with Gasteiger partial charge >= 0.3 is 12.1 Å². The SMILES string of the molecule is COC(=O)c1cc(I)cc(C(F)(F)F)c1. The lowest BCUT2D eigenvalue weighted by molar-refractivity contribution is -0.137. The fourth-order valence-electron chi connectivity index (χ4n) is 0.989. The fourth-order valence-corrected chi connectivity index (χ4v) is 1.66. The third-order valence-corrected chi connectivity index (χ3v) is 2.27. The summed E-state index contributed by atoms with van der Waals surface area (Å²) in [4.78, 5) is 11.1. The molecule has 0 saturated carbocycles. The maximum absolute atomic E-state index is 12.4. The van der Waals surface area contributed by atoms with Gasteiger partial charge < -0.3 is 4.74 Å². The number of rotatable bonds is 1. The van der Waals surface area contributed by atoms with Crippen LogP contribution < -0.4 is 0 Å². The van der Waals surface area contributed by atoms with Crippen molar-refractivity contribution in [3.63, 3.8) is 0 Å². The van der Waals surface area contributed by atoms with Gasteiger partial charge in [0.05, 0.1) is 18.2 Å². The number of alkyl halides is 3. The van der Waals surface area contributed by atoms with E-state index in [1.165, 1.54) is 6.07 Å². The maximum atomic E-state index is 12.4. The number of hydrogen-bond donors (Lipinski definition) is 0. The Morgan fingerprint density at radius 2 is 1.93 bits per heavy atom. The summed E-state index contributed by atoms with van der Waals surface area (Å²) in [6.45, 7) is 0. The average molecular weight is 330 g/mol. The standard InChI is InChI=1S/C9H6F3IO2/c1-15-8(14)5-2-6(9(10,11)12)4-7(13)3-5/h2-4H,1H3. The number of carbonyl (C=O) groups is 1. The first kappa shape index (κ1) is 12.3. The number of carbonyl (C=O) groups excluding carboxylic acids is 1. The van der Waals surface area contributed by atoms with E-state index in [-0.39, 0.29) is 5.56 Å². The minimum Gasteiger partial charge on any atom is -0.465 e. The number of hydrogen-bond acceptors (Lipinski definition) is 2. The quantitative estimate of drug-likeness (QED) is 0.584. The highest BCUT2D eigenvalue weighted by Crippen LogP contribution is 2.31. The Balaban J connectivity index is 3.23. The van der Waals surface area contributed by atoms with Gasteiger partial charge in [-0.05, 0) is 40.8 Å². The zero-order valence-electron chi connectivity index (χ0n) is 7.56. The van der Waals surface area contributed by atoms with E-state index in [0.717, 1.165) is 19.2 Å². The molecule has 0 aliphatic heterocycles. The van der Waals surface area contributed by atoms with Gasteiger partial charge in [0.25, 0.3) is 0 Å². The van der Waals surface area contributed by atoms with Crippen molar-refractivity contribution >= 4 is 28.6 Å². The van der Waals surface area contributed by atoms with Crippen molar-refractivity contribution in [3.8, 4) is 0 Å². The first-order valence-electron chi connectivity index (χ1n) is 3.80. The monoisotopic (exact) mass is 330 g/mol. The Morgan fingerprint density at radius 3 is 2.40 bits per heavy atom. The van der Waals surface area contributed by atoms with Crippen LogP contribution >= 0.6 is 22.6 Å². The number of ether oxygens (including phenoxy) is 1. The molecule has 1 rings (SSSR count). The Morgan fingerprint density at radius 1 is 1.33 bits per heavy atom. The largest absolute Gasteiger partial charge is 0.465 e. The van der Waals surface area contributed by atoms with E-state index >= 15 is 0 Å². The lowest BCUT2D eigenvalue weighted by Crippen LogP contribution is -2.09. The van der Waals surface area contributed by atoms with Crippen molar-refractivity contribution in [2.45, 2.75) is 6.18 Å². The second kappa shape index (κ2) is 4.38. The Hall–Kier alpha value is -0.790. The van der Waals surface area contributed by atoms with Crippen LogP contribution in [0.15, 0.2) is 18.2 Å². The molecule has 6 heteroatoms. The zero-order valence-corrected chi connectivity index (χ0v) is 9.72. The van der Waals surface area contributed by atoms with E-state index in [4.69, 9.17) is 0 Å². The second-order valence-corrected chi connectivity index (χ2v) is 3.96. The van der Waals surface area contributed by atoms with Gasteiger partial charge in [-0.1, -0.05) is 0 Å². The van der Waals surface area contributed by atoms with E-state index in [1.54, 1.807) is 22.6 Å². The molecule has 0 unspecified atom stereocenters. The van der Waals surface area contributed by atoms with Crippen LogP contribution in [0, 0.1) is 3.57 Å². The maximum Gasteiger partial charge on any atom is 0.416 e. The van der Waals surface area contributed by atoms with E-state index in [9.17, 15) is 18.0 Å². The van der Waals surface area contributed by atoms with Crippen molar-refractivity contribution in [2.75, 3.05) is 7.11 Å². The smallest absolute Gasteiger partial charge is 0.416 e. The minimum absolute atomic E-state index is 0.100. The Bertz CT molecular complexity index is 387. The molecule has 82 valence electrons. The molecule has 0 amide bonds. The van der Waals surface area contributed by atoms with Crippen molar-refractivity contribution in [1.29, 1.82) is 0 Å². The molecular formula is C9H6F3IO2. The average Bonchev–Trinajstić information content (AvgIpc) is 2.14. The first-order chi connectivity index (χ1) is 6.84. The molecule has 0 N–H and O–H groups in total. The molecule has 0 atom stereocenters. The van der Waals surface area contributed by atoms with Gasteiger partial charge in [-0.25, -0.2) is 4.79 Å². The van der Waals surface area contributed by atoms with Gasteiger partial charge in [-0.3, -0.25) is 0 Å². The molecule has 1 aromatic rings. The Kier molecular flexibility index (Phi) is 3.58. The summed E-state index contributed by atoms with van der Waals surface area (Å²) in [6.07, 6.45) is -4.45. The van der Waals surface area contributed by atoms with Crippen LogP contribution in [0.1, 0.15) is 15.9 Å². The molecule has 15 heavy (non-hydrogen) atoms. The van der Waals surface area contributed by atoms with E-state index < -0.39 is 17.7 Å². The van der Waals surface area contributed by atoms with Crippen molar-refractivity contribution in [3.05, 3.63) is 32.9 Å². The molecule has 0 spiro atoms. The highest BCUT2D eigenvalue weighted by atomic mass is 127. The first-order valence-corrected chi connectivity index (χ1v) is 4.88. The van der Waals surface area contributed by atoms with Gasteiger partial charge in [0, 0.05) is 3.57 Å². The van der Waals surface area contributed by atoms with Gasteiger partial charge in [-0.2, -0.15) is 13.2 Å². The predicted octanol–water partition coefficient (Wildman–Crippen LogP) is 3.10. The van der Waals surface area contributed by atoms with Crippen molar-refractivity contribution < 1.29 is 22.7 Å². The highest BCUT2D eigenvalue weighted by molar-refractivity contribution is 14.1. The number of esters is 1. The van der Waals surface area contributed by atoms with E-state index in [0.29, 0.717) is 3.57 Å². The summed E-state index contributed by atoms with van der Waals surface area (Å²) in [5, 5.41) is 0. The van der Waals surface area contributed by atoms with Crippen molar-refractivity contribution in [1.82, 2.24) is 0 Å². The van der Waals surface area contributed by atoms with Crippen LogP contribution in [-0.2, 0) is 10.9 Å². The molecule has 0 aliphatic rings. The molecule has 0 heterocycles. The molecule has 1 aromatic carbocycles. The summed E-state index contributed by atoms with van der Waals surface area (Å²) in [6, 6.07) is 3.07. The summed E-state index contributed by atoms with van der Waals surface area (Å²) >= 11 is 1.71. The topological polar surface area (TPSA) is 26.3 Å². The predicted molar refractivity (Wildman–Crippen MR) is 55.5 cm³/mol. The molecule has 0 saturated heterocycles. The fraction of sp³-hybridized carbons (Fsp3) is 0.222. The lowest BCUT2D eigenvalue weighted by Gasteiger charge is -2.08. The number of halogens is 4. The number of benzene rings is 1. The molecule has 0 aliphatic carbocycles. The molecule has 0 fully saturated rings. The third kappa shape index (κ3) is 3.08. The van der Waals surface area contributed by atoms with Crippen LogP contribution in [0.25, 0.3) is 0 Å². The van der Waals surface area contributed by atoms with E-state index in [1.807, 2.05) is 0 Å². The molecular weight excluding hydrogens is 324 g/mol. The van der Waals surface area contributed by atoms with Crippen LogP contribution in [-0.4, -0.2) is 13.1 Å². The third-order valence-electron chi connectivity index (χ3n) is 1.65. The normalized spacial score (nSPS) is 11.3. The van der Waals surface area contributed by atoms with Crippen LogP contribution in [0.2, 0.25) is 0 Å². The van der Waals surface area contributed by atoms with E-state index in [2.05, 4.69) is 4.74 Å². The van der Waals surface area contributed by atoms with Crippen LogP contribution in [0.5, 0.6) is 0 Å². The summed E-state index contributed by atoms with van der Waals surface area (Å²) < 4.78 is 41.8. The van der Waals surface area contributed by atoms with Crippen molar-refractivity contribution in [2.24, 2.45) is 0 Å².